The molecule has 1 amide bonds. The van der Waals surface area contributed by atoms with Crippen molar-refractivity contribution in [3.05, 3.63) is 60.2 Å². The summed E-state index contributed by atoms with van der Waals surface area (Å²) >= 11 is 0. The van der Waals surface area contributed by atoms with Gasteiger partial charge in [-0.25, -0.2) is 0 Å². The predicted octanol–water partition coefficient (Wildman–Crippen LogP) is 1.65. The van der Waals surface area contributed by atoms with Gasteiger partial charge in [-0.3, -0.25) is 9.79 Å². The number of anilines is 2. The highest BCUT2D eigenvalue weighted by molar-refractivity contribution is 5.95. The summed E-state index contributed by atoms with van der Waals surface area (Å²) in [7, 11) is 0. The molecular formula is C21H23N3O4. The lowest BCUT2D eigenvalue weighted by atomic mass is 10.2. The van der Waals surface area contributed by atoms with Crippen LogP contribution in [0.2, 0.25) is 0 Å². The SMILES string of the molecule is O=C1COCCN1c1ccc(N2C[C@H](C/N=C/c3ccccc3)OC2O)cc1. The molecule has 7 heteroatoms. The van der Waals surface area contributed by atoms with Gasteiger partial charge in [0.2, 0.25) is 6.41 Å². The van der Waals surface area contributed by atoms with Crippen LogP contribution in [0.25, 0.3) is 0 Å². The van der Waals surface area contributed by atoms with Gasteiger partial charge in [0.1, 0.15) is 6.61 Å². The van der Waals surface area contributed by atoms with Crippen molar-refractivity contribution in [1.29, 1.82) is 0 Å². The second-order valence-corrected chi connectivity index (χ2v) is 6.76. The van der Waals surface area contributed by atoms with Gasteiger partial charge < -0.3 is 24.4 Å². The first-order valence-electron chi connectivity index (χ1n) is 9.34. The van der Waals surface area contributed by atoms with Crippen LogP contribution < -0.4 is 9.80 Å². The van der Waals surface area contributed by atoms with Crippen molar-refractivity contribution in [2.75, 3.05) is 42.6 Å². The molecule has 0 bridgehead atoms. The van der Waals surface area contributed by atoms with Crippen molar-refractivity contribution in [2.24, 2.45) is 4.99 Å². The number of nitrogens with zero attached hydrogens (tertiary/aromatic N) is 3. The Labute approximate surface area is 163 Å². The number of hydrogen-bond acceptors (Lipinski definition) is 6. The van der Waals surface area contributed by atoms with Crippen molar-refractivity contribution in [3.63, 3.8) is 0 Å². The van der Waals surface area contributed by atoms with E-state index in [0.717, 1.165) is 16.9 Å². The van der Waals surface area contributed by atoms with Gasteiger partial charge in [0.15, 0.2) is 0 Å². The van der Waals surface area contributed by atoms with Gasteiger partial charge in [0.05, 0.1) is 25.8 Å². The molecule has 2 atom stereocenters. The third-order valence-corrected chi connectivity index (χ3v) is 4.81. The smallest absolute Gasteiger partial charge is 0.253 e. The zero-order valence-corrected chi connectivity index (χ0v) is 15.5. The molecule has 2 aromatic carbocycles. The lowest BCUT2D eigenvalue weighted by molar-refractivity contribution is -0.125. The molecule has 2 aliphatic heterocycles. The summed E-state index contributed by atoms with van der Waals surface area (Å²) < 4.78 is 10.8. The minimum absolute atomic E-state index is 0.0418. The molecular weight excluding hydrogens is 358 g/mol. The van der Waals surface area contributed by atoms with E-state index < -0.39 is 6.41 Å². The summed E-state index contributed by atoms with van der Waals surface area (Å²) in [5.41, 5.74) is 2.70. The molecule has 0 aromatic heterocycles. The van der Waals surface area contributed by atoms with Crippen LogP contribution in [0.5, 0.6) is 0 Å². The topological polar surface area (TPSA) is 74.6 Å². The van der Waals surface area contributed by atoms with Crippen LogP contribution in [0.1, 0.15) is 5.56 Å². The molecule has 28 heavy (non-hydrogen) atoms. The Morgan fingerprint density at radius 1 is 1.11 bits per heavy atom. The van der Waals surface area contributed by atoms with E-state index in [1.54, 1.807) is 9.80 Å². The first-order valence-corrected chi connectivity index (χ1v) is 9.34. The number of carbonyl (C=O) groups is 1. The number of aliphatic imine (C=N–C) groups is 1. The van der Waals surface area contributed by atoms with Gasteiger partial charge in [-0.2, -0.15) is 0 Å². The summed E-state index contributed by atoms with van der Waals surface area (Å²) in [6, 6.07) is 17.4. The largest absolute Gasteiger partial charge is 0.370 e. The third kappa shape index (κ3) is 4.22. The van der Waals surface area contributed by atoms with Crippen molar-refractivity contribution in [2.45, 2.75) is 12.5 Å². The number of aliphatic hydroxyl groups excluding tert-OH is 1. The minimum Gasteiger partial charge on any atom is -0.370 e. The van der Waals surface area contributed by atoms with Crippen LogP contribution in [0.4, 0.5) is 11.4 Å². The normalized spacial score (nSPS) is 23.0. The first kappa shape index (κ1) is 18.6. The average Bonchev–Trinajstić information content (AvgIpc) is 3.10. The van der Waals surface area contributed by atoms with Gasteiger partial charge in [-0.15, -0.1) is 0 Å². The lowest BCUT2D eigenvalue weighted by Crippen LogP contribution is -2.41. The maximum atomic E-state index is 12.0. The molecule has 2 aliphatic rings. The number of benzene rings is 2. The van der Waals surface area contributed by atoms with E-state index in [-0.39, 0.29) is 18.6 Å². The van der Waals surface area contributed by atoms with Gasteiger partial charge in [0.25, 0.3) is 5.91 Å². The summed E-state index contributed by atoms with van der Waals surface area (Å²) in [4.78, 5) is 19.9. The highest BCUT2D eigenvalue weighted by Gasteiger charge is 2.31. The minimum atomic E-state index is -1.01. The van der Waals surface area contributed by atoms with Crippen molar-refractivity contribution < 1.29 is 19.4 Å². The van der Waals surface area contributed by atoms with Crippen molar-refractivity contribution in [1.82, 2.24) is 0 Å². The van der Waals surface area contributed by atoms with E-state index in [1.807, 2.05) is 60.8 Å². The van der Waals surface area contributed by atoms with Gasteiger partial charge in [-0.1, -0.05) is 30.3 Å². The van der Waals surface area contributed by atoms with E-state index >= 15 is 0 Å². The van der Waals surface area contributed by atoms with E-state index in [1.165, 1.54) is 0 Å². The third-order valence-electron chi connectivity index (χ3n) is 4.81. The fourth-order valence-corrected chi connectivity index (χ4v) is 3.36. The van der Waals surface area contributed by atoms with Crippen LogP contribution in [0.15, 0.2) is 59.6 Å². The fraction of sp³-hybridized carbons (Fsp3) is 0.333. The van der Waals surface area contributed by atoms with Crippen molar-refractivity contribution in [3.8, 4) is 0 Å². The molecule has 4 rings (SSSR count). The number of rotatable bonds is 5. The maximum Gasteiger partial charge on any atom is 0.253 e. The number of hydrogen-bond donors (Lipinski definition) is 1. The predicted molar refractivity (Wildman–Crippen MR) is 107 cm³/mol. The van der Waals surface area contributed by atoms with Gasteiger partial charge in [0, 0.05) is 24.1 Å². The highest BCUT2D eigenvalue weighted by Crippen LogP contribution is 2.27. The molecule has 0 radical (unpaired) electrons. The number of amides is 1. The Kier molecular flexibility index (Phi) is 5.66. The second kappa shape index (κ2) is 8.52. The summed E-state index contributed by atoms with van der Waals surface area (Å²) in [5.74, 6) is -0.0418. The average molecular weight is 381 g/mol. The summed E-state index contributed by atoms with van der Waals surface area (Å²) in [6.07, 6.45) is 0.621. The van der Waals surface area contributed by atoms with Crippen LogP contribution in [0, 0.1) is 0 Å². The van der Waals surface area contributed by atoms with Crippen LogP contribution in [-0.2, 0) is 14.3 Å². The number of carbonyl (C=O) groups excluding carboxylic acids is 1. The molecule has 146 valence electrons. The Morgan fingerprint density at radius 3 is 2.61 bits per heavy atom. The van der Waals surface area contributed by atoms with Gasteiger partial charge in [-0.05, 0) is 29.8 Å². The van der Waals surface area contributed by atoms with Crippen LogP contribution >= 0.6 is 0 Å². The molecule has 2 heterocycles. The lowest BCUT2D eigenvalue weighted by Gasteiger charge is -2.27. The Morgan fingerprint density at radius 2 is 1.86 bits per heavy atom. The number of morpholine rings is 1. The molecule has 0 saturated carbocycles. The molecule has 0 aliphatic carbocycles. The summed E-state index contributed by atoms with van der Waals surface area (Å²) in [5, 5.41) is 10.3. The quantitative estimate of drug-likeness (QED) is 0.798. The Balaban J connectivity index is 1.36. The molecule has 7 nitrogen and oxygen atoms in total. The highest BCUT2D eigenvalue weighted by atomic mass is 16.6. The van der Waals surface area contributed by atoms with E-state index in [0.29, 0.717) is 26.2 Å². The fourth-order valence-electron chi connectivity index (χ4n) is 3.36. The zero-order valence-electron chi connectivity index (χ0n) is 15.5. The molecule has 1 unspecified atom stereocenters. The van der Waals surface area contributed by atoms with Crippen LogP contribution in [0.3, 0.4) is 0 Å². The standard InChI is InChI=1S/C21H23N3O4/c25-20-15-27-11-10-23(20)17-6-8-18(9-7-17)24-14-19(28-21(24)26)13-22-12-16-4-2-1-3-5-16/h1-9,12,19,21,26H,10-11,13-15H2/b22-12+/t19-,21?/m0/s1. The Hall–Kier alpha value is -2.74. The summed E-state index contributed by atoms with van der Waals surface area (Å²) in [6.45, 7) is 2.23. The van der Waals surface area contributed by atoms with E-state index in [9.17, 15) is 9.90 Å². The molecule has 2 aromatic rings. The number of ether oxygens (including phenoxy) is 2. The number of aliphatic hydroxyl groups is 1. The first-order chi connectivity index (χ1) is 13.7. The maximum absolute atomic E-state index is 12.0. The zero-order chi connectivity index (χ0) is 19.3. The van der Waals surface area contributed by atoms with Crippen molar-refractivity contribution >= 4 is 23.5 Å². The van der Waals surface area contributed by atoms with E-state index in [4.69, 9.17) is 9.47 Å². The molecule has 0 spiro atoms. The molecule has 2 fully saturated rings. The molecule has 1 N–H and O–H groups in total. The monoisotopic (exact) mass is 381 g/mol. The van der Waals surface area contributed by atoms with Crippen LogP contribution in [-0.4, -0.2) is 62.6 Å². The second-order valence-electron chi connectivity index (χ2n) is 6.76. The molecule has 2 saturated heterocycles. The van der Waals surface area contributed by atoms with Gasteiger partial charge >= 0.3 is 0 Å². The van der Waals surface area contributed by atoms with E-state index in [2.05, 4.69) is 4.99 Å². The Bertz CT molecular complexity index is 825.